The molecule has 0 bridgehead atoms. The lowest BCUT2D eigenvalue weighted by molar-refractivity contribution is -0.154. The van der Waals surface area contributed by atoms with Crippen molar-refractivity contribution in [3.8, 4) is 0 Å². The molecule has 0 aliphatic heterocycles. The van der Waals surface area contributed by atoms with Crippen LogP contribution in [-0.4, -0.2) is 24.4 Å². The zero-order valence-corrected chi connectivity index (χ0v) is 8.36. The number of carbonyl (C=O) groups is 2. The molecule has 0 aliphatic carbocycles. The van der Waals surface area contributed by atoms with Crippen molar-refractivity contribution >= 4 is 11.9 Å². The molecule has 6 heteroatoms. The number of carbonyl (C=O) groups excluding carboxylic acids is 2. The third kappa shape index (κ3) is 7.51. The molecular weight excluding hydrogens is 188 g/mol. The molecule has 0 saturated carbocycles. The summed E-state index contributed by atoms with van der Waals surface area (Å²) in [5.74, 6) is -1.05. The van der Waals surface area contributed by atoms with E-state index in [1.165, 1.54) is 13.8 Å². The van der Waals surface area contributed by atoms with Crippen LogP contribution in [0.15, 0.2) is 0 Å². The Balaban J connectivity index is 3.61. The van der Waals surface area contributed by atoms with Gasteiger partial charge < -0.3 is 9.47 Å². The molecule has 0 aromatic carbocycles. The molecule has 0 spiro atoms. The first-order valence-corrected chi connectivity index (χ1v) is 4.32. The largest absolute Gasteiger partial charge is 0.447 e. The highest BCUT2D eigenvalue weighted by Gasteiger charge is 2.11. The van der Waals surface area contributed by atoms with E-state index in [2.05, 4.69) is 9.47 Å². The molecule has 2 unspecified atom stereocenters. The second-order valence-electron chi connectivity index (χ2n) is 2.89. The van der Waals surface area contributed by atoms with Crippen molar-refractivity contribution < 1.29 is 19.1 Å². The van der Waals surface area contributed by atoms with Crippen LogP contribution in [-0.2, 0) is 19.1 Å². The van der Waals surface area contributed by atoms with Crippen LogP contribution in [0.25, 0.3) is 0 Å². The lowest BCUT2D eigenvalue weighted by Gasteiger charge is -2.09. The third-order valence-corrected chi connectivity index (χ3v) is 1.17. The molecule has 0 heterocycles. The van der Waals surface area contributed by atoms with E-state index in [1.807, 2.05) is 0 Å². The highest BCUT2D eigenvalue weighted by atomic mass is 16.6. The van der Waals surface area contributed by atoms with Gasteiger partial charge in [-0.2, -0.15) is 0 Å². The van der Waals surface area contributed by atoms with Crippen LogP contribution in [0.5, 0.6) is 0 Å². The summed E-state index contributed by atoms with van der Waals surface area (Å²) in [4.78, 5) is 21.8. The summed E-state index contributed by atoms with van der Waals surface area (Å²) < 4.78 is 9.21. The molecule has 0 saturated heterocycles. The number of nitrogens with two attached hydrogens (primary N) is 2. The summed E-state index contributed by atoms with van der Waals surface area (Å²) in [5, 5.41) is 0. The summed E-state index contributed by atoms with van der Waals surface area (Å²) in [6.07, 6.45) is -1.42. The topological polar surface area (TPSA) is 105 Å². The predicted molar refractivity (Wildman–Crippen MR) is 48.7 cm³/mol. The van der Waals surface area contributed by atoms with Crippen molar-refractivity contribution in [1.29, 1.82) is 0 Å². The number of rotatable bonds is 5. The maximum atomic E-state index is 10.9. The number of ether oxygens (including phenoxy) is 2. The Morgan fingerprint density at radius 3 is 1.50 bits per heavy atom. The first kappa shape index (κ1) is 12.9. The quantitative estimate of drug-likeness (QED) is 0.460. The van der Waals surface area contributed by atoms with E-state index in [4.69, 9.17) is 11.5 Å². The van der Waals surface area contributed by atoms with Crippen LogP contribution in [0, 0.1) is 0 Å². The van der Waals surface area contributed by atoms with Gasteiger partial charge in [-0.25, -0.2) is 0 Å². The minimum Gasteiger partial charge on any atom is -0.447 e. The van der Waals surface area contributed by atoms with Gasteiger partial charge in [0, 0.05) is 0 Å². The van der Waals surface area contributed by atoms with Crippen molar-refractivity contribution in [2.75, 3.05) is 0 Å². The number of hydrogen-bond acceptors (Lipinski definition) is 6. The molecule has 0 aromatic heterocycles. The highest BCUT2D eigenvalue weighted by Crippen LogP contribution is 1.97. The molecule has 0 fully saturated rings. The second kappa shape index (κ2) is 6.33. The Hall–Kier alpha value is -1.14. The lowest BCUT2D eigenvalue weighted by atomic mass is 10.3. The fourth-order valence-corrected chi connectivity index (χ4v) is 0.737. The SMILES string of the molecule is CC(N)OC(=O)CCC(=O)OC(C)N. The first-order chi connectivity index (χ1) is 6.41. The zero-order chi connectivity index (χ0) is 11.1. The van der Waals surface area contributed by atoms with Crippen molar-refractivity contribution in [1.82, 2.24) is 0 Å². The summed E-state index contributed by atoms with van der Waals surface area (Å²) >= 11 is 0. The van der Waals surface area contributed by atoms with Gasteiger partial charge in [-0.15, -0.1) is 0 Å². The van der Waals surface area contributed by atoms with Crippen LogP contribution in [0.2, 0.25) is 0 Å². The molecule has 0 rings (SSSR count). The van der Waals surface area contributed by atoms with Crippen molar-refractivity contribution in [2.45, 2.75) is 39.1 Å². The standard InChI is InChI=1S/C8H16N2O4/c1-5(9)13-7(11)3-4-8(12)14-6(2)10/h5-6H,3-4,9-10H2,1-2H3. The fraction of sp³-hybridized carbons (Fsp3) is 0.750. The van der Waals surface area contributed by atoms with Gasteiger partial charge in [-0.05, 0) is 13.8 Å². The predicted octanol–water partition coefficient (Wildman–Crippen LogP) is -0.538. The molecule has 6 nitrogen and oxygen atoms in total. The van der Waals surface area contributed by atoms with Gasteiger partial charge in [0.1, 0.15) is 12.5 Å². The minimum absolute atomic E-state index is 0.0485. The number of hydrogen-bond donors (Lipinski definition) is 2. The molecule has 82 valence electrons. The Morgan fingerprint density at radius 1 is 1.00 bits per heavy atom. The molecule has 0 amide bonds. The monoisotopic (exact) mass is 204 g/mol. The molecule has 0 radical (unpaired) electrons. The van der Waals surface area contributed by atoms with Crippen molar-refractivity contribution in [2.24, 2.45) is 11.5 Å². The second-order valence-corrected chi connectivity index (χ2v) is 2.89. The Bertz CT molecular complexity index is 182. The van der Waals surface area contributed by atoms with Crippen LogP contribution in [0.3, 0.4) is 0 Å². The molecule has 4 N–H and O–H groups in total. The van der Waals surface area contributed by atoms with Crippen LogP contribution < -0.4 is 11.5 Å². The van der Waals surface area contributed by atoms with Crippen LogP contribution in [0.4, 0.5) is 0 Å². The Kier molecular flexibility index (Phi) is 5.82. The van der Waals surface area contributed by atoms with E-state index < -0.39 is 24.4 Å². The molecule has 14 heavy (non-hydrogen) atoms. The van der Waals surface area contributed by atoms with E-state index in [0.29, 0.717) is 0 Å². The van der Waals surface area contributed by atoms with Gasteiger partial charge >= 0.3 is 11.9 Å². The fourth-order valence-electron chi connectivity index (χ4n) is 0.737. The van der Waals surface area contributed by atoms with Gasteiger partial charge in [0.25, 0.3) is 0 Å². The minimum atomic E-state index is -0.660. The Labute approximate surface area is 82.5 Å². The van der Waals surface area contributed by atoms with Gasteiger partial charge in [0.05, 0.1) is 12.8 Å². The summed E-state index contributed by atoms with van der Waals surface area (Å²) in [5.41, 5.74) is 10.4. The average molecular weight is 204 g/mol. The third-order valence-electron chi connectivity index (χ3n) is 1.17. The van der Waals surface area contributed by atoms with Gasteiger partial charge in [0.2, 0.25) is 0 Å². The van der Waals surface area contributed by atoms with E-state index in [9.17, 15) is 9.59 Å². The highest BCUT2D eigenvalue weighted by molar-refractivity contribution is 5.77. The van der Waals surface area contributed by atoms with E-state index in [-0.39, 0.29) is 12.8 Å². The molecule has 0 aromatic rings. The zero-order valence-electron chi connectivity index (χ0n) is 8.36. The average Bonchev–Trinajstić information content (AvgIpc) is 1.98. The number of esters is 2. The van der Waals surface area contributed by atoms with Gasteiger partial charge in [0.15, 0.2) is 0 Å². The molecule has 2 atom stereocenters. The normalized spacial score (nSPS) is 14.3. The summed E-state index contributed by atoms with van der Waals surface area (Å²) in [6, 6.07) is 0. The van der Waals surface area contributed by atoms with E-state index in [0.717, 1.165) is 0 Å². The smallest absolute Gasteiger partial charge is 0.307 e. The summed E-state index contributed by atoms with van der Waals surface area (Å²) in [7, 11) is 0. The van der Waals surface area contributed by atoms with Crippen molar-refractivity contribution in [3.05, 3.63) is 0 Å². The van der Waals surface area contributed by atoms with E-state index >= 15 is 0 Å². The molecule has 0 aliphatic rings. The van der Waals surface area contributed by atoms with Crippen LogP contribution >= 0.6 is 0 Å². The molecular formula is C8H16N2O4. The van der Waals surface area contributed by atoms with Crippen LogP contribution in [0.1, 0.15) is 26.7 Å². The van der Waals surface area contributed by atoms with Crippen molar-refractivity contribution in [3.63, 3.8) is 0 Å². The van der Waals surface area contributed by atoms with Gasteiger partial charge in [-0.1, -0.05) is 0 Å². The Morgan fingerprint density at radius 2 is 1.29 bits per heavy atom. The maximum absolute atomic E-state index is 10.9. The maximum Gasteiger partial charge on any atom is 0.307 e. The summed E-state index contributed by atoms with van der Waals surface area (Å²) in [6.45, 7) is 3.05. The first-order valence-electron chi connectivity index (χ1n) is 4.32. The lowest BCUT2D eigenvalue weighted by Crippen LogP contribution is -2.25. The van der Waals surface area contributed by atoms with Gasteiger partial charge in [-0.3, -0.25) is 21.1 Å². The van der Waals surface area contributed by atoms with E-state index in [1.54, 1.807) is 0 Å².